The number of benzene rings is 1. The molecule has 0 amide bonds. The first kappa shape index (κ1) is 13.3. The quantitative estimate of drug-likeness (QED) is 0.916. The van der Waals surface area contributed by atoms with Crippen LogP contribution >= 0.6 is 0 Å². The molecule has 0 unspecified atom stereocenters. The van der Waals surface area contributed by atoms with Crippen molar-refractivity contribution in [3.05, 3.63) is 29.1 Å². The van der Waals surface area contributed by atoms with Crippen molar-refractivity contribution in [2.45, 2.75) is 20.8 Å². The van der Waals surface area contributed by atoms with Crippen LogP contribution in [0.15, 0.2) is 12.1 Å². The minimum absolute atomic E-state index is 0.649. The molecular formula is C14H18N4O. The fourth-order valence-electron chi connectivity index (χ4n) is 2.03. The smallest absolute Gasteiger partial charge is 0.156 e. The standard InChI is InChI=1S/C14H18N4O/c1-8-7-12(19-5)9(2)6-11(8)13-14(15-4)16-10(3)17-18-13/h6-7H,1-5H3,(H,15,16,17). The van der Waals surface area contributed by atoms with Crippen molar-refractivity contribution in [2.24, 2.45) is 0 Å². The Morgan fingerprint density at radius 2 is 1.79 bits per heavy atom. The molecule has 1 N–H and O–H groups in total. The van der Waals surface area contributed by atoms with Crippen LogP contribution in [-0.2, 0) is 0 Å². The van der Waals surface area contributed by atoms with E-state index in [4.69, 9.17) is 4.74 Å². The summed E-state index contributed by atoms with van der Waals surface area (Å²) in [5.74, 6) is 2.26. The third-order valence-electron chi connectivity index (χ3n) is 3.03. The third-order valence-corrected chi connectivity index (χ3v) is 3.03. The van der Waals surface area contributed by atoms with Crippen molar-refractivity contribution in [1.29, 1.82) is 0 Å². The number of ether oxygens (including phenoxy) is 1. The largest absolute Gasteiger partial charge is 0.496 e. The second kappa shape index (κ2) is 5.22. The second-order valence-electron chi connectivity index (χ2n) is 4.44. The number of hydrogen-bond acceptors (Lipinski definition) is 5. The van der Waals surface area contributed by atoms with Gasteiger partial charge in [-0.2, -0.15) is 0 Å². The molecule has 0 saturated heterocycles. The molecule has 1 aromatic heterocycles. The summed E-state index contributed by atoms with van der Waals surface area (Å²) < 4.78 is 5.33. The van der Waals surface area contributed by atoms with Crippen molar-refractivity contribution in [2.75, 3.05) is 19.5 Å². The van der Waals surface area contributed by atoms with E-state index in [0.717, 1.165) is 34.0 Å². The molecule has 0 atom stereocenters. The molecule has 1 heterocycles. The van der Waals surface area contributed by atoms with Crippen LogP contribution in [0.2, 0.25) is 0 Å². The Bertz CT molecular complexity index is 611. The number of anilines is 1. The van der Waals surface area contributed by atoms with Crippen LogP contribution in [0.3, 0.4) is 0 Å². The van der Waals surface area contributed by atoms with Gasteiger partial charge in [0.15, 0.2) is 5.82 Å². The predicted molar refractivity (Wildman–Crippen MR) is 75.6 cm³/mol. The molecule has 2 rings (SSSR count). The summed E-state index contributed by atoms with van der Waals surface area (Å²) >= 11 is 0. The summed E-state index contributed by atoms with van der Waals surface area (Å²) in [4.78, 5) is 4.37. The zero-order chi connectivity index (χ0) is 14.0. The van der Waals surface area contributed by atoms with E-state index in [1.54, 1.807) is 7.11 Å². The van der Waals surface area contributed by atoms with Crippen LogP contribution in [-0.4, -0.2) is 29.3 Å². The molecule has 0 aliphatic rings. The lowest BCUT2D eigenvalue weighted by Gasteiger charge is -2.13. The maximum atomic E-state index is 5.33. The normalized spacial score (nSPS) is 10.4. The summed E-state index contributed by atoms with van der Waals surface area (Å²) in [6, 6.07) is 4.06. The Hall–Kier alpha value is -2.17. The SMILES string of the molecule is CNc1nc(C)nnc1-c1cc(C)c(OC)cc1C. The number of rotatable bonds is 3. The first-order valence-electron chi connectivity index (χ1n) is 6.11. The number of nitrogens with one attached hydrogen (secondary N) is 1. The number of methoxy groups -OCH3 is 1. The summed E-state index contributed by atoms with van der Waals surface area (Å²) in [6.45, 7) is 5.86. The molecule has 0 saturated carbocycles. The fraction of sp³-hybridized carbons (Fsp3) is 0.357. The van der Waals surface area contributed by atoms with E-state index in [2.05, 4.69) is 26.6 Å². The van der Waals surface area contributed by atoms with Gasteiger partial charge in [-0.15, -0.1) is 10.2 Å². The van der Waals surface area contributed by atoms with E-state index >= 15 is 0 Å². The summed E-state index contributed by atoms with van der Waals surface area (Å²) in [7, 11) is 3.51. The van der Waals surface area contributed by atoms with Gasteiger partial charge in [-0.25, -0.2) is 4.98 Å². The van der Waals surface area contributed by atoms with Crippen LogP contribution in [0, 0.1) is 20.8 Å². The molecule has 0 bridgehead atoms. The van der Waals surface area contributed by atoms with E-state index in [1.165, 1.54) is 0 Å². The Morgan fingerprint density at radius 3 is 2.42 bits per heavy atom. The van der Waals surface area contributed by atoms with E-state index in [-0.39, 0.29) is 0 Å². The van der Waals surface area contributed by atoms with E-state index < -0.39 is 0 Å². The van der Waals surface area contributed by atoms with Crippen LogP contribution in [0.4, 0.5) is 5.82 Å². The number of aryl methyl sites for hydroxylation is 3. The summed E-state index contributed by atoms with van der Waals surface area (Å²) in [5.41, 5.74) is 3.92. The molecule has 0 spiro atoms. The second-order valence-corrected chi connectivity index (χ2v) is 4.44. The molecule has 0 radical (unpaired) electrons. The number of nitrogens with zero attached hydrogens (tertiary/aromatic N) is 3. The summed E-state index contributed by atoms with van der Waals surface area (Å²) in [5, 5.41) is 11.4. The average molecular weight is 258 g/mol. The molecule has 100 valence electrons. The van der Waals surface area contributed by atoms with Gasteiger partial charge in [0.1, 0.15) is 17.3 Å². The van der Waals surface area contributed by atoms with Crippen molar-refractivity contribution in [3.8, 4) is 17.0 Å². The van der Waals surface area contributed by atoms with Gasteiger partial charge in [-0.1, -0.05) is 0 Å². The number of aromatic nitrogens is 3. The lowest BCUT2D eigenvalue weighted by Crippen LogP contribution is -2.04. The van der Waals surface area contributed by atoms with Gasteiger partial charge in [0.25, 0.3) is 0 Å². The molecule has 1 aromatic carbocycles. The highest BCUT2D eigenvalue weighted by Gasteiger charge is 2.13. The Morgan fingerprint density at radius 1 is 1.05 bits per heavy atom. The van der Waals surface area contributed by atoms with E-state index in [9.17, 15) is 0 Å². The Kier molecular flexibility index (Phi) is 3.64. The number of hydrogen-bond donors (Lipinski definition) is 1. The summed E-state index contributed by atoms with van der Waals surface area (Å²) in [6.07, 6.45) is 0. The minimum atomic E-state index is 0.649. The fourth-order valence-corrected chi connectivity index (χ4v) is 2.03. The third kappa shape index (κ3) is 2.50. The lowest BCUT2D eigenvalue weighted by atomic mass is 10.0. The predicted octanol–water partition coefficient (Wildman–Crippen LogP) is 2.51. The molecule has 2 aromatic rings. The molecule has 5 heteroatoms. The van der Waals surface area contributed by atoms with Crippen LogP contribution in [0.25, 0.3) is 11.3 Å². The average Bonchev–Trinajstić information content (AvgIpc) is 2.41. The minimum Gasteiger partial charge on any atom is -0.496 e. The molecule has 19 heavy (non-hydrogen) atoms. The van der Waals surface area contributed by atoms with Crippen molar-refractivity contribution >= 4 is 5.82 Å². The molecule has 0 aliphatic carbocycles. The molecular weight excluding hydrogens is 240 g/mol. The highest BCUT2D eigenvalue weighted by atomic mass is 16.5. The van der Waals surface area contributed by atoms with E-state index in [0.29, 0.717) is 5.82 Å². The highest BCUT2D eigenvalue weighted by molar-refractivity contribution is 5.74. The monoisotopic (exact) mass is 258 g/mol. The van der Waals surface area contributed by atoms with Crippen LogP contribution in [0.1, 0.15) is 17.0 Å². The van der Waals surface area contributed by atoms with Gasteiger partial charge in [0.2, 0.25) is 0 Å². The van der Waals surface area contributed by atoms with Gasteiger partial charge >= 0.3 is 0 Å². The topological polar surface area (TPSA) is 59.9 Å². The first-order valence-corrected chi connectivity index (χ1v) is 6.11. The highest BCUT2D eigenvalue weighted by Crippen LogP contribution is 2.31. The zero-order valence-corrected chi connectivity index (χ0v) is 11.9. The van der Waals surface area contributed by atoms with Gasteiger partial charge in [-0.3, -0.25) is 0 Å². The zero-order valence-electron chi connectivity index (χ0n) is 11.9. The van der Waals surface area contributed by atoms with E-state index in [1.807, 2.05) is 33.9 Å². The van der Waals surface area contributed by atoms with Gasteiger partial charge in [0.05, 0.1) is 7.11 Å². The first-order chi connectivity index (χ1) is 9.06. The van der Waals surface area contributed by atoms with Crippen LogP contribution < -0.4 is 10.1 Å². The lowest BCUT2D eigenvalue weighted by molar-refractivity contribution is 0.411. The molecule has 0 fully saturated rings. The van der Waals surface area contributed by atoms with Gasteiger partial charge in [-0.05, 0) is 44.0 Å². The maximum absolute atomic E-state index is 5.33. The Balaban J connectivity index is 2.62. The van der Waals surface area contributed by atoms with Crippen molar-refractivity contribution < 1.29 is 4.74 Å². The van der Waals surface area contributed by atoms with Gasteiger partial charge < -0.3 is 10.1 Å². The van der Waals surface area contributed by atoms with Crippen LogP contribution in [0.5, 0.6) is 5.75 Å². The van der Waals surface area contributed by atoms with Crippen molar-refractivity contribution in [3.63, 3.8) is 0 Å². The molecule has 0 aliphatic heterocycles. The van der Waals surface area contributed by atoms with Gasteiger partial charge in [0, 0.05) is 12.6 Å². The molecule has 5 nitrogen and oxygen atoms in total. The Labute approximate surface area is 113 Å². The van der Waals surface area contributed by atoms with Crippen molar-refractivity contribution in [1.82, 2.24) is 15.2 Å². The maximum Gasteiger partial charge on any atom is 0.156 e.